The van der Waals surface area contributed by atoms with Crippen molar-refractivity contribution in [3.05, 3.63) is 23.0 Å². The Hall–Kier alpha value is -0.890. The van der Waals surface area contributed by atoms with Crippen LogP contribution in [0.3, 0.4) is 0 Å². The Morgan fingerprint density at radius 2 is 2.20 bits per heavy atom. The maximum Gasteiger partial charge on any atom is 0.246 e. The van der Waals surface area contributed by atoms with Gasteiger partial charge >= 0.3 is 0 Å². The molecule has 2 rings (SSSR count). The van der Waals surface area contributed by atoms with Crippen LogP contribution in [0.1, 0.15) is 12.8 Å². The number of nitrogens with zero attached hydrogens (tertiary/aromatic N) is 1. The van der Waals surface area contributed by atoms with Crippen LogP contribution in [0.2, 0.25) is 5.02 Å². The van der Waals surface area contributed by atoms with Crippen LogP contribution in [0.4, 0.5) is 10.1 Å². The summed E-state index contributed by atoms with van der Waals surface area (Å²) in [5, 5.41) is 9.22. The van der Waals surface area contributed by atoms with Crippen molar-refractivity contribution in [2.24, 2.45) is 5.92 Å². The van der Waals surface area contributed by atoms with E-state index in [1.54, 1.807) is 0 Å². The molecule has 5 nitrogen and oxygen atoms in total. The molecule has 0 bridgehead atoms. The molecule has 3 N–H and O–H groups in total. The molecule has 1 aromatic carbocycles. The Morgan fingerprint density at radius 3 is 2.85 bits per heavy atom. The molecule has 112 valence electrons. The smallest absolute Gasteiger partial charge is 0.246 e. The van der Waals surface area contributed by atoms with Gasteiger partial charge in [-0.3, -0.25) is 0 Å². The summed E-state index contributed by atoms with van der Waals surface area (Å²) in [5.41, 5.74) is 5.12. The van der Waals surface area contributed by atoms with E-state index in [2.05, 4.69) is 0 Å². The number of aliphatic hydroxyl groups excluding tert-OH is 1. The lowest BCUT2D eigenvalue weighted by Crippen LogP contribution is -2.41. The molecule has 0 amide bonds. The Labute approximate surface area is 122 Å². The first-order valence-corrected chi connectivity index (χ1v) is 8.03. The molecule has 0 spiro atoms. The second-order valence-electron chi connectivity index (χ2n) is 4.86. The second-order valence-corrected chi connectivity index (χ2v) is 7.20. The third-order valence-electron chi connectivity index (χ3n) is 3.39. The number of piperidine rings is 1. The summed E-state index contributed by atoms with van der Waals surface area (Å²) in [5.74, 6) is -1.11. The highest BCUT2D eigenvalue weighted by molar-refractivity contribution is 7.89. The summed E-state index contributed by atoms with van der Waals surface area (Å²) < 4.78 is 40.1. The molecule has 0 radical (unpaired) electrons. The number of nitrogen functional groups attached to an aromatic ring is 1. The summed E-state index contributed by atoms with van der Waals surface area (Å²) in [7, 11) is -4.00. The first-order valence-electron chi connectivity index (χ1n) is 6.21. The van der Waals surface area contributed by atoms with E-state index in [0.29, 0.717) is 13.0 Å². The lowest BCUT2D eigenvalue weighted by atomic mass is 10.0. The molecule has 20 heavy (non-hydrogen) atoms. The average molecular weight is 323 g/mol. The van der Waals surface area contributed by atoms with E-state index in [4.69, 9.17) is 22.4 Å². The van der Waals surface area contributed by atoms with Crippen molar-refractivity contribution < 1.29 is 17.9 Å². The minimum absolute atomic E-state index is 0.0678. The highest BCUT2D eigenvalue weighted by atomic mass is 35.5. The lowest BCUT2D eigenvalue weighted by molar-refractivity contribution is 0.165. The first-order chi connectivity index (χ1) is 9.36. The topological polar surface area (TPSA) is 83.6 Å². The predicted octanol–water partition coefficient (Wildman–Crippen LogP) is 1.45. The molecule has 1 fully saturated rings. The van der Waals surface area contributed by atoms with Crippen molar-refractivity contribution >= 4 is 27.3 Å². The third-order valence-corrected chi connectivity index (χ3v) is 5.47. The van der Waals surface area contributed by atoms with E-state index in [1.165, 1.54) is 10.4 Å². The molecule has 0 saturated carbocycles. The van der Waals surface area contributed by atoms with Crippen molar-refractivity contribution in [2.75, 3.05) is 25.4 Å². The molecule has 1 unspecified atom stereocenters. The van der Waals surface area contributed by atoms with Crippen LogP contribution in [0.15, 0.2) is 17.0 Å². The summed E-state index contributed by atoms with van der Waals surface area (Å²) in [6.07, 6.45) is 1.38. The monoisotopic (exact) mass is 322 g/mol. The van der Waals surface area contributed by atoms with Crippen LogP contribution in [-0.2, 0) is 10.0 Å². The molecule has 1 aliphatic heterocycles. The Kier molecular flexibility index (Phi) is 4.53. The van der Waals surface area contributed by atoms with Crippen LogP contribution in [0.5, 0.6) is 0 Å². The highest BCUT2D eigenvalue weighted by Gasteiger charge is 2.32. The van der Waals surface area contributed by atoms with Gasteiger partial charge in [-0.15, -0.1) is 0 Å². The first kappa shape index (κ1) is 15.5. The number of hydrogen-bond acceptors (Lipinski definition) is 4. The molecule has 0 aliphatic carbocycles. The number of nitrogens with two attached hydrogens (primary N) is 1. The highest BCUT2D eigenvalue weighted by Crippen LogP contribution is 2.29. The van der Waals surface area contributed by atoms with Crippen molar-refractivity contribution in [3.63, 3.8) is 0 Å². The summed E-state index contributed by atoms with van der Waals surface area (Å²) in [4.78, 5) is -0.513. The molecule has 8 heteroatoms. The van der Waals surface area contributed by atoms with E-state index in [9.17, 15) is 12.8 Å². The Bertz CT molecular complexity index is 609. The third kappa shape index (κ3) is 2.90. The van der Waals surface area contributed by atoms with Crippen LogP contribution < -0.4 is 5.73 Å². The molecule has 1 aromatic rings. The van der Waals surface area contributed by atoms with E-state index < -0.39 is 20.7 Å². The lowest BCUT2D eigenvalue weighted by Gasteiger charge is -2.31. The van der Waals surface area contributed by atoms with Gasteiger partial charge in [-0.1, -0.05) is 11.6 Å². The number of anilines is 1. The van der Waals surface area contributed by atoms with Gasteiger partial charge in [-0.05, 0) is 30.9 Å². The van der Waals surface area contributed by atoms with E-state index in [1.807, 2.05) is 0 Å². The fourth-order valence-electron chi connectivity index (χ4n) is 2.31. The largest absolute Gasteiger partial charge is 0.396 e. The van der Waals surface area contributed by atoms with Gasteiger partial charge in [0.15, 0.2) is 5.82 Å². The average Bonchev–Trinajstić information content (AvgIpc) is 2.42. The number of aliphatic hydroxyl groups is 1. The van der Waals surface area contributed by atoms with Gasteiger partial charge in [0.2, 0.25) is 10.0 Å². The van der Waals surface area contributed by atoms with Gasteiger partial charge in [0.05, 0.1) is 5.69 Å². The van der Waals surface area contributed by atoms with Crippen molar-refractivity contribution in [1.29, 1.82) is 0 Å². The number of sulfonamides is 1. The van der Waals surface area contributed by atoms with Gasteiger partial charge < -0.3 is 10.8 Å². The zero-order valence-corrected chi connectivity index (χ0v) is 12.3. The molecule has 1 aliphatic rings. The zero-order valence-electron chi connectivity index (χ0n) is 10.7. The molecule has 1 atom stereocenters. The molecular formula is C12H16ClFN2O3S. The van der Waals surface area contributed by atoms with Crippen LogP contribution in [0, 0.1) is 11.7 Å². The second kappa shape index (κ2) is 5.85. The summed E-state index contributed by atoms with van der Waals surface area (Å²) in [6, 6.07) is 2.23. The standard InChI is InChI=1S/C12H16ClFN2O3S/c13-9-4-10(15)12(14)11(5-9)20(18,19)16-3-1-2-8(6-16)7-17/h4-5,8,17H,1-3,6-7,15H2. The van der Waals surface area contributed by atoms with Crippen LogP contribution >= 0.6 is 11.6 Å². The predicted molar refractivity (Wildman–Crippen MR) is 74.4 cm³/mol. The van der Waals surface area contributed by atoms with E-state index in [-0.39, 0.29) is 29.8 Å². The van der Waals surface area contributed by atoms with Crippen molar-refractivity contribution in [2.45, 2.75) is 17.7 Å². The van der Waals surface area contributed by atoms with Gasteiger partial charge in [0.25, 0.3) is 0 Å². The molecule has 1 saturated heterocycles. The van der Waals surface area contributed by atoms with Crippen LogP contribution in [0.25, 0.3) is 0 Å². The van der Waals surface area contributed by atoms with Crippen LogP contribution in [-0.4, -0.2) is 37.5 Å². The minimum atomic E-state index is -4.00. The maximum atomic E-state index is 14.0. The number of halogens is 2. The van der Waals surface area contributed by atoms with E-state index >= 15 is 0 Å². The Morgan fingerprint density at radius 1 is 1.50 bits per heavy atom. The number of rotatable bonds is 3. The molecule has 1 heterocycles. The van der Waals surface area contributed by atoms with Crippen molar-refractivity contribution in [3.8, 4) is 0 Å². The Balaban J connectivity index is 2.40. The normalized spacial score (nSPS) is 21.1. The number of hydrogen-bond donors (Lipinski definition) is 2. The SMILES string of the molecule is Nc1cc(Cl)cc(S(=O)(=O)N2CCCC(CO)C2)c1F. The van der Waals surface area contributed by atoms with Gasteiger partial charge in [0.1, 0.15) is 4.90 Å². The van der Waals surface area contributed by atoms with E-state index in [0.717, 1.165) is 12.5 Å². The fourth-order valence-corrected chi connectivity index (χ4v) is 4.27. The van der Waals surface area contributed by atoms with Gasteiger partial charge in [-0.2, -0.15) is 4.31 Å². The molecular weight excluding hydrogens is 307 g/mol. The summed E-state index contributed by atoms with van der Waals surface area (Å²) >= 11 is 5.75. The maximum absolute atomic E-state index is 14.0. The quantitative estimate of drug-likeness (QED) is 0.825. The van der Waals surface area contributed by atoms with Crippen molar-refractivity contribution in [1.82, 2.24) is 4.31 Å². The summed E-state index contributed by atoms with van der Waals surface area (Å²) in [6.45, 7) is 0.377. The fraction of sp³-hybridized carbons (Fsp3) is 0.500. The minimum Gasteiger partial charge on any atom is -0.396 e. The number of benzene rings is 1. The van der Waals surface area contributed by atoms with Gasteiger partial charge in [-0.25, -0.2) is 12.8 Å². The van der Waals surface area contributed by atoms with Gasteiger partial charge in [0, 0.05) is 24.7 Å². The molecule has 0 aromatic heterocycles. The zero-order chi connectivity index (χ0) is 14.9.